The molecule has 1 aliphatic rings. The van der Waals surface area contributed by atoms with Crippen LogP contribution in [0, 0.1) is 5.92 Å². The van der Waals surface area contributed by atoms with E-state index in [4.69, 9.17) is 5.73 Å². The lowest BCUT2D eigenvalue weighted by Gasteiger charge is -2.26. The van der Waals surface area contributed by atoms with E-state index in [1.807, 2.05) is 42.3 Å². The molecule has 0 unspecified atom stereocenters. The number of aromatic nitrogens is 2. The summed E-state index contributed by atoms with van der Waals surface area (Å²) in [5.74, 6) is 0.794. The Labute approximate surface area is 186 Å². The van der Waals surface area contributed by atoms with E-state index in [0.717, 1.165) is 31.1 Å². The molecule has 1 amide bonds. The van der Waals surface area contributed by atoms with Crippen LogP contribution in [-0.4, -0.2) is 40.0 Å². The van der Waals surface area contributed by atoms with Crippen molar-refractivity contribution < 1.29 is 4.79 Å². The molecule has 1 aromatic heterocycles. The van der Waals surface area contributed by atoms with E-state index < -0.39 is 6.04 Å². The average molecular weight is 441 g/mol. The highest BCUT2D eigenvalue weighted by molar-refractivity contribution is 5.85. The predicted molar refractivity (Wildman–Crippen MR) is 123 cm³/mol. The van der Waals surface area contributed by atoms with Gasteiger partial charge in [-0.15, -0.1) is 24.8 Å². The van der Waals surface area contributed by atoms with Gasteiger partial charge >= 0.3 is 0 Å². The van der Waals surface area contributed by atoms with Gasteiger partial charge in [-0.25, -0.2) is 4.98 Å². The number of likely N-dealkylation sites (N-methyl/N-ethyl adjacent to an activating group) is 1. The van der Waals surface area contributed by atoms with Gasteiger partial charge in [0.1, 0.15) is 0 Å². The SMILES string of the molecule is CN(CCC1CCCCC1)C(=O)[C@@H](N)Cc1cn(Cc2ccccc2)cn1.Cl.Cl. The number of carbonyl (C=O) groups excluding carboxylic acids is 1. The van der Waals surface area contributed by atoms with E-state index in [-0.39, 0.29) is 30.7 Å². The highest BCUT2D eigenvalue weighted by Gasteiger charge is 2.21. The minimum Gasteiger partial charge on any atom is -0.344 e. The van der Waals surface area contributed by atoms with Gasteiger partial charge in [-0.1, -0.05) is 62.4 Å². The summed E-state index contributed by atoms with van der Waals surface area (Å²) in [6.45, 7) is 1.58. The fourth-order valence-electron chi connectivity index (χ4n) is 3.95. The zero-order chi connectivity index (χ0) is 19.1. The summed E-state index contributed by atoms with van der Waals surface area (Å²) in [5, 5.41) is 0. The van der Waals surface area contributed by atoms with Crippen molar-refractivity contribution >= 4 is 30.7 Å². The van der Waals surface area contributed by atoms with Crippen LogP contribution in [0.15, 0.2) is 42.9 Å². The lowest BCUT2D eigenvalue weighted by atomic mass is 9.87. The molecule has 5 nitrogen and oxygen atoms in total. The number of rotatable bonds is 8. The molecule has 2 aromatic rings. The first-order valence-corrected chi connectivity index (χ1v) is 10.2. The number of imidazole rings is 1. The van der Waals surface area contributed by atoms with Gasteiger partial charge in [0.25, 0.3) is 0 Å². The van der Waals surface area contributed by atoms with E-state index >= 15 is 0 Å². The van der Waals surface area contributed by atoms with Gasteiger partial charge in [-0.2, -0.15) is 0 Å². The summed E-state index contributed by atoms with van der Waals surface area (Å²) < 4.78 is 2.04. The van der Waals surface area contributed by atoms with Crippen LogP contribution in [0.1, 0.15) is 49.8 Å². The van der Waals surface area contributed by atoms with Gasteiger partial charge < -0.3 is 15.2 Å². The molecule has 7 heteroatoms. The Morgan fingerprint density at radius 1 is 1.21 bits per heavy atom. The summed E-state index contributed by atoms with van der Waals surface area (Å²) in [4.78, 5) is 18.8. The van der Waals surface area contributed by atoms with Crippen LogP contribution in [-0.2, 0) is 17.8 Å². The number of carbonyl (C=O) groups is 1. The molecule has 1 aliphatic carbocycles. The van der Waals surface area contributed by atoms with Crippen molar-refractivity contribution in [3.8, 4) is 0 Å². The quantitative estimate of drug-likeness (QED) is 0.672. The smallest absolute Gasteiger partial charge is 0.239 e. The molecule has 2 N–H and O–H groups in total. The third-order valence-electron chi connectivity index (χ3n) is 5.61. The second kappa shape index (κ2) is 12.9. The Kier molecular flexibility index (Phi) is 11.3. The molecule has 1 heterocycles. The Balaban J connectivity index is 0.00000210. The van der Waals surface area contributed by atoms with Gasteiger partial charge in [0.05, 0.1) is 18.1 Å². The third kappa shape index (κ3) is 8.00. The first-order valence-electron chi connectivity index (χ1n) is 10.2. The van der Waals surface area contributed by atoms with Crippen LogP contribution in [0.2, 0.25) is 0 Å². The van der Waals surface area contributed by atoms with Crippen molar-refractivity contribution in [1.29, 1.82) is 0 Å². The molecule has 1 atom stereocenters. The van der Waals surface area contributed by atoms with Gasteiger partial charge in [0.2, 0.25) is 5.91 Å². The summed E-state index contributed by atoms with van der Waals surface area (Å²) in [7, 11) is 1.87. The number of amides is 1. The topological polar surface area (TPSA) is 64.2 Å². The molecule has 1 aromatic carbocycles. The second-order valence-electron chi connectivity index (χ2n) is 7.89. The fraction of sp³-hybridized carbons (Fsp3) is 0.545. The Hall–Kier alpha value is -1.56. The minimum atomic E-state index is -0.526. The van der Waals surface area contributed by atoms with Crippen molar-refractivity contribution in [2.24, 2.45) is 11.7 Å². The molecule has 29 heavy (non-hydrogen) atoms. The molecule has 1 fully saturated rings. The van der Waals surface area contributed by atoms with Gasteiger partial charge in [-0.3, -0.25) is 4.79 Å². The first kappa shape index (κ1) is 25.5. The van der Waals surface area contributed by atoms with Crippen molar-refractivity contribution in [1.82, 2.24) is 14.5 Å². The number of benzene rings is 1. The van der Waals surface area contributed by atoms with E-state index in [1.54, 1.807) is 4.90 Å². The Morgan fingerprint density at radius 3 is 2.59 bits per heavy atom. The third-order valence-corrected chi connectivity index (χ3v) is 5.61. The summed E-state index contributed by atoms with van der Waals surface area (Å²) in [5.41, 5.74) is 8.27. The maximum Gasteiger partial charge on any atom is 0.239 e. The summed E-state index contributed by atoms with van der Waals surface area (Å²) in [6, 6.07) is 9.74. The molecular weight excluding hydrogens is 407 g/mol. The standard InChI is InChI=1S/C22H32N4O.2ClH/c1-25(13-12-18-8-4-2-5-9-18)22(27)21(23)14-20-16-26(17-24-20)15-19-10-6-3-7-11-19;;/h3,6-7,10-11,16-18,21H,2,4-5,8-9,12-15,23H2,1H3;2*1H/t21-;;/m0../s1. The van der Waals surface area contributed by atoms with Crippen LogP contribution in [0.3, 0.4) is 0 Å². The van der Waals surface area contributed by atoms with E-state index in [1.165, 1.54) is 37.7 Å². The molecule has 1 saturated carbocycles. The monoisotopic (exact) mass is 440 g/mol. The molecule has 0 bridgehead atoms. The van der Waals surface area contributed by atoms with E-state index in [9.17, 15) is 4.79 Å². The molecule has 3 rings (SSSR count). The van der Waals surface area contributed by atoms with Crippen molar-refractivity contribution in [3.05, 3.63) is 54.1 Å². The zero-order valence-corrected chi connectivity index (χ0v) is 18.8. The van der Waals surface area contributed by atoms with Crippen LogP contribution >= 0.6 is 24.8 Å². The van der Waals surface area contributed by atoms with Crippen molar-refractivity contribution in [2.75, 3.05) is 13.6 Å². The zero-order valence-electron chi connectivity index (χ0n) is 17.2. The van der Waals surface area contributed by atoms with Crippen LogP contribution in [0.4, 0.5) is 0 Å². The normalized spacial score (nSPS) is 15.1. The highest BCUT2D eigenvalue weighted by atomic mass is 35.5. The molecule has 162 valence electrons. The number of hydrogen-bond donors (Lipinski definition) is 1. The van der Waals surface area contributed by atoms with Crippen molar-refractivity contribution in [2.45, 2.75) is 57.5 Å². The van der Waals surface area contributed by atoms with Gasteiger partial charge in [-0.05, 0) is 17.9 Å². The van der Waals surface area contributed by atoms with Gasteiger partial charge in [0, 0.05) is 32.8 Å². The molecule has 0 radical (unpaired) electrons. The second-order valence-corrected chi connectivity index (χ2v) is 7.89. The molecular formula is C22H34Cl2N4O. The lowest BCUT2D eigenvalue weighted by molar-refractivity contribution is -0.131. The minimum absolute atomic E-state index is 0. The molecule has 0 spiro atoms. The average Bonchev–Trinajstić information content (AvgIpc) is 3.13. The maximum absolute atomic E-state index is 12.6. The first-order chi connectivity index (χ1) is 13.1. The Bertz CT molecular complexity index is 717. The maximum atomic E-state index is 12.6. The van der Waals surface area contributed by atoms with Crippen molar-refractivity contribution in [3.63, 3.8) is 0 Å². The highest BCUT2D eigenvalue weighted by Crippen LogP contribution is 2.26. The van der Waals surface area contributed by atoms with E-state index in [2.05, 4.69) is 17.1 Å². The fourth-order valence-corrected chi connectivity index (χ4v) is 3.95. The van der Waals surface area contributed by atoms with Gasteiger partial charge in [0.15, 0.2) is 0 Å². The lowest BCUT2D eigenvalue weighted by Crippen LogP contribution is -2.43. The van der Waals surface area contributed by atoms with Crippen LogP contribution in [0.25, 0.3) is 0 Å². The van der Waals surface area contributed by atoms with Crippen LogP contribution in [0.5, 0.6) is 0 Å². The summed E-state index contributed by atoms with van der Waals surface area (Å²) in [6.07, 6.45) is 12.1. The summed E-state index contributed by atoms with van der Waals surface area (Å²) >= 11 is 0. The number of halogens is 2. The molecule has 0 saturated heterocycles. The number of nitrogens with two attached hydrogens (primary N) is 1. The number of hydrogen-bond acceptors (Lipinski definition) is 3. The molecule has 0 aliphatic heterocycles. The number of nitrogens with zero attached hydrogens (tertiary/aromatic N) is 3. The van der Waals surface area contributed by atoms with E-state index in [0.29, 0.717) is 6.42 Å². The largest absolute Gasteiger partial charge is 0.344 e. The Morgan fingerprint density at radius 2 is 1.90 bits per heavy atom. The predicted octanol–water partition coefficient (Wildman–Crippen LogP) is 4.07. The van der Waals surface area contributed by atoms with Crippen LogP contribution < -0.4 is 5.73 Å².